The Morgan fingerprint density at radius 1 is 1.39 bits per heavy atom. The molecule has 0 aromatic carbocycles. The number of nitrogens with one attached hydrogen (secondary N) is 1. The van der Waals surface area contributed by atoms with Crippen molar-refractivity contribution >= 4 is 0 Å². The van der Waals surface area contributed by atoms with E-state index >= 15 is 0 Å². The van der Waals surface area contributed by atoms with Crippen molar-refractivity contribution in [2.45, 2.75) is 64.1 Å². The third kappa shape index (κ3) is 3.12. The van der Waals surface area contributed by atoms with Crippen molar-refractivity contribution in [3.63, 3.8) is 0 Å². The average Bonchev–Trinajstić information content (AvgIpc) is 2.87. The van der Waals surface area contributed by atoms with Gasteiger partial charge in [0.2, 0.25) is 0 Å². The Labute approximate surface area is 109 Å². The van der Waals surface area contributed by atoms with Gasteiger partial charge in [-0.1, -0.05) is 19.3 Å². The largest absolute Gasteiger partial charge is 0.394 e. The van der Waals surface area contributed by atoms with Gasteiger partial charge in [0.25, 0.3) is 0 Å². The first-order valence-corrected chi connectivity index (χ1v) is 7.05. The molecule has 0 amide bonds. The van der Waals surface area contributed by atoms with Gasteiger partial charge in [0, 0.05) is 24.3 Å². The zero-order valence-electron chi connectivity index (χ0n) is 11.5. The fourth-order valence-corrected chi connectivity index (χ4v) is 2.66. The molecule has 0 saturated heterocycles. The lowest BCUT2D eigenvalue weighted by molar-refractivity contribution is 0.119. The standard InChI is InChI=1S/C14H25N3O/c1-12(2)17-9-6-13(16-17)10-15-14(11-18)7-4-3-5-8-14/h6,9,12,15,18H,3-5,7-8,10-11H2,1-2H3. The molecule has 2 N–H and O–H groups in total. The van der Waals surface area contributed by atoms with Crippen molar-refractivity contribution in [2.24, 2.45) is 0 Å². The summed E-state index contributed by atoms with van der Waals surface area (Å²) in [5.74, 6) is 0. The van der Waals surface area contributed by atoms with Gasteiger partial charge < -0.3 is 10.4 Å². The molecule has 1 heterocycles. The Hall–Kier alpha value is -0.870. The van der Waals surface area contributed by atoms with Crippen molar-refractivity contribution < 1.29 is 5.11 Å². The summed E-state index contributed by atoms with van der Waals surface area (Å²) in [6.45, 7) is 5.24. The van der Waals surface area contributed by atoms with Gasteiger partial charge in [-0.15, -0.1) is 0 Å². The molecule has 0 unspecified atom stereocenters. The van der Waals surface area contributed by atoms with Gasteiger partial charge in [0.1, 0.15) is 0 Å². The van der Waals surface area contributed by atoms with E-state index in [1.165, 1.54) is 19.3 Å². The summed E-state index contributed by atoms with van der Waals surface area (Å²) in [6.07, 6.45) is 7.91. The number of aliphatic hydroxyl groups is 1. The lowest BCUT2D eigenvalue weighted by Crippen LogP contribution is -2.49. The van der Waals surface area contributed by atoms with Crippen molar-refractivity contribution in [3.05, 3.63) is 18.0 Å². The van der Waals surface area contributed by atoms with E-state index in [9.17, 15) is 5.11 Å². The minimum atomic E-state index is -0.0696. The van der Waals surface area contributed by atoms with E-state index < -0.39 is 0 Å². The fourth-order valence-electron chi connectivity index (χ4n) is 2.66. The third-order valence-corrected chi connectivity index (χ3v) is 3.95. The molecule has 0 spiro atoms. The van der Waals surface area contributed by atoms with E-state index in [1.54, 1.807) is 0 Å². The zero-order chi connectivity index (χ0) is 13.0. The van der Waals surface area contributed by atoms with Crippen LogP contribution >= 0.6 is 0 Å². The molecular formula is C14H25N3O. The molecule has 18 heavy (non-hydrogen) atoms. The Kier molecular flexibility index (Phi) is 4.40. The molecule has 1 saturated carbocycles. The molecular weight excluding hydrogens is 226 g/mol. The van der Waals surface area contributed by atoms with Crippen LogP contribution in [0.3, 0.4) is 0 Å². The Bertz CT molecular complexity index is 367. The highest BCUT2D eigenvalue weighted by atomic mass is 16.3. The van der Waals surface area contributed by atoms with Crippen LogP contribution in [-0.4, -0.2) is 27.0 Å². The molecule has 0 atom stereocenters. The maximum atomic E-state index is 9.62. The number of aromatic nitrogens is 2. The van der Waals surface area contributed by atoms with Gasteiger partial charge in [-0.05, 0) is 32.8 Å². The molecule has 1 aliphatic carbocycles. The van der Waals surface area contributed by atoms with E-state index in [-0.39, 0.29) is 12.1 Å². The van der Waals surface area contributed by atoms with Crippen LogP contribution in [0.15, 0.2) is 12.3 Å². The molecule has 1 aromatic rings. The van der Waals surface area contributed by atoms with Crippen LogP contribution in [-0.2, 0) is 6.54 Å². The van der Waals surface area contributed by atoms with Gasteiger partial charge in [-0.25, -0.2) is 0 Å². The molecule has 102 valence electrons. The van der Waals surface area contributed by atoms with Crippen molar-refractivity contribution in [1.29, 1.82) is 0 Å². The first-order chi connectivity index (χ1) is 8.65. The van der Waals surface area contributed by atoms with Gasteiger partial charge in [0.15, 0.2) is 0 Å². The highest BCUT2D eigenvalue weighted by molar-refractivity contribution is 5.01. The predicted molar refractivity (Wildman–Crippen MR) is 72.4 cm³/mol. The third-order valence-electron chi connectivity index (χ3n) is 3.95. The first-order valence-electron chi connectivity index (χ1n) is 7.05. The summed E-state index contributed by atoms with van der Waals surface area (Å²) in [5.41, 5.74) is 0.988. The fraction of sp³-hybridized carbons (Fsp3) is 0.786. The van der Waals surface area contributed by atoms with Crippen molar-refractivity contribution in [2.75, 3.05) is 6.61 Å². The number of hydrogen-bond acceptors (Lipinski definition) is 3. The summed E-state index contributed by atoms with van der Waals surface area (Å²) in [7, 11) is 0. The highest BCUT2D eigenvalue weighted by Crippen LogP contribution is 2.28. The van der Waals surface area contributed by atoms with Crippen LogP contribution < -0.4 is 5.32 Å². The second-order valence-corrected chi connectivity index (χ2v) is 5.73. The Balaban J connectivity index is 1.92. The lowest BCUT2D eigenvalue weighted by Gasteiger charge is -2.36. The lowest BCUT2D eigenvalue weighted by atomic mass is 9.82. The number of hydrogen-bond donors (Lipinski definition) is 2. The normalized spacial score (nSPS) is 19.3. The molecule has 4 nitrogen and oxygen atoms in total. The second kappa shape index (κ2) is 5.85. The quantitative estimate of drug-likeness (QED) is 0.844. The zero-order valence-corrected chi connectivity index (χ0v) is 11.5. The molecule has 1 aromatic heterocycles. The van der Waals surface area contributed by atoms with Crippen LogP contribution in [0, 0.1) is 0 Å². The molecule has 1 fully saturated rings. The number of rotatable bonds is 5. The summed E-state index contributed by atoms with van der Waals surface area (Å²) in [5, 5.41) is 17.7. The van der Waals surface area contributed by atoms with Crippen LogP contribution in [0.2, 0.25) is 0 Å². The van der Waals surface area contributed by atoms with Crippen LogP contribution in [0.4, 0.5) is 0 Å². The smallest absolute Gasteiger partial charge is 0.0762 e. The molecule has 2 rings (SSSR count). The molecule has 0 bridgehead atoms. The van der Waals surface area contributed by atoms with Crippen molar-refractivity contribution in [3.8, 4) is 0 Å². The summed E-state index contributed by atoms with van der Waals surface area (Å²) in [4.78, 5) is 0. The average molecular weight is 251 g/mol. The number of nitrogens with zero attached hydrogens (tertiary/aromatic N) is 2. The SMILES string of the molecule is CC(C)n1ccc(CNC2(CO)CCCCC2)n1. The highest BCUT2D eigenvalue weighted by Gasteiger charge is 2.30. The van der Waals surface area contributed by atoms with E-state index in [1.807, 2.05) is 10.9 Å². The molecule has 0 aliphatic heterocycles. The molecule has 0 radical (unpaired) electrons. The van der Waals surface area contributed by atoms with E-state index in [0.29, 0.717) is 6.04 Å². The minimum absolute atomic E-state index is 0.0696. The molecule has 4 heteroatoms. The maximum absolute atomic E-state index is 9.62. The van der Waals surface area contributed by atoms with E-state index in [2.05, 4.69) is 30.3 Å². The predicted octanol–water partition coefficient (Wildman–Crippen LogP) is 2.25. The van der Waals surface area contributed by atoms with Crippen LogP contribution in [0.5, 0.6) is 0 Å². The summed E-state index contributed by atoms with van der Waals surface area (Å²) >= 11 is 0. The maximum Gasteiger partial charge on any atom is 0.0762 e. The van der Waals surface area contributed by atoms with Gasteiger partial charge in [-0.2, -0.15) is 5.10 Å². The summed E-state index contributed by atoms with van der Waals surface area (Å²) < 4.78 is 1.98. The van der Waals surface area contributed by atoms with Crippen LogP contribution in [0.25, 0.3) is 0 Å². The van der Waals surface area contributed by atoms with Gasteiger partial charge in [-0.3, -0.25) is 4.68 Å². The number of aliphatic hydroxyl groups excluding tert-OH is 1. The van der Waals surface area contributed by atoms with E-state index in [4.69, 9.17) is 0 Å². The monoisotopic (exact) mass is 251 g/mol. The first kappa shape index (κ1) is 13.6. The Morgan fingerprint density at radius 3 is 2.67 bits per heavy atom. The van der Waals surface area contributed by atoms with Gasteiger partial charge in [0.05, 0.1) is 12.3 Å². The van der Waals surface area contributed by atoms with Crippen LogP contribution in [0.1, 0.15) is 57.7 Å². The van der Waals surface area contributed by atoms with Crippen molar-refractivity contribution in [1.82, 2.24) is 15.1 Å². The minimum Gasteiger partial charge on any atom is -0.394 e. The van der Waals surface area contributed by atoms with Gasteiger partial charge >= 0.3 is 0 Å². The second-order valence-electron chi connectivity index (χ2n) is 5.73. The molecule has 1 aliphatic rings. The topological polar surface area (TPSA) is 50.1 Å². The summed E-state index contributed by atoms with van der Waals surface area (Å²) in [6, 6.07) is 2.46. The van der Waals surface area contributed by atoms with E-state index in [0.717, 1.165) is 25.1 Å². The Morgan fingerprint density at radius 2 is 2.11 bits per heavy atom.